The Morgan fingerprint density at radius 2 is 1.83 bits per heavy atom. The molecule has 98 valence electrons. The predicted molar refractivity (Wildman–Crippen MR) is 79.7 cm³/mol. The van der Waals surface area contributed by atoms with Crippen LogP contribution < -0.4 is 5.32 Å². The van der Waals surface area contributed by atoms with Crippen molar-refractivity contribution in [1.82, 2.24) is 5.32 Å². The summed E-state index contributed by atoms with van der Waals surface area (Å²) >= 11 is 3.56. The molecule has 2 aliphatic carbocycles. The second-order valence-electron chi connectivity index (χ2n) is 6.98. The quantitative estimate of drug-likeness (QED) is 0.850. The molecule has 2 heteroatoms. The maximum absolute atomic E-state index is 3.89. The van der Waals surface area contributed by atoms with Crippen molar-refractivity contribution in [3.63, 3.8) is 0 Å². The Hall–Kier alpha value is -0.340. The summed E-state index contributed by atoms with van der Waals surface area (Å²) in [6.45, 7) is 9.51. The first-order valence-electron chi connectivity index (χ1n) is 6.88. The van der Waals surface area contributed by atoms with E-state index in [4.69, 9.17) is 0 Å². The summed E-state index contributed by atoms with van der Waals surface area (Å²) in [5.74, 6) is 0. The molecule has 0 bridgehead atoms. The first-order valence-corrected chi connectivity index (χ1v) is 7.68. The third-order valence-electron chi connectivity index (χ3n) is 5.57. The lowest BCUT2D eigenvalue weighted by Crippen LogP contribution is -2.26. The van der Waals surface area contributed by atoms with Crippen molar-refractivity contribution >= 4 is 15.9 Å². The van der Waals surface area contributed by atoms with Gasteiger partial charge in [0.25, 0.3) is 0 Å². The van der Waals surface area contributed by atoms with E-state index in [0.29, 0.717) is 22.9 Å². The van der Waals surface area contributed by atoms with Gasteiger partial charge in [-0.2, -0.15) is 0 Å². The fourth-order valence-corrected chi connectivity index (χ4v) is 3.98. The maximum atomic E-state index is 3.89. The molecule has 0 heterocycles. The van der Waals surface area contributed by atoms with Crippen molar-refractivity contribution in [2.24, 2.45) is 10.8 Å². The van der Waals surface area contributed by atoms with Crippen LogP contribution in [0, 0.1) is 10.8 Å². The lowest BCUT2D eigenvalue weighted by molar-refractivity contribution is 0.457. The van der Waals surface area contributed by atoms with Crippen LogP contribution in [-0.2, 0) is 6.42 Å². The highest BCUT2D eigenvalue weighted by Gasteiger charge is 2.65. The summed E-state index contributed by atoms with van der Waals surface area (Å²) in [6.07, 6.45) is 2.45. The second kappa shape index (κ2) is 3.83. The monoisotopic (exact) mass is 307 g/mol. The molecular formula is C16H22BrN. The van der Waals surface area contributed by atoms with E-state index >= 15 is 0 Å². The highest BCUT2D eigenvalue weighted by molar-refractivity contribution is 9.10. The molecule has 1 nitrogen and oxygen atoms in total. The second-order valence-corrected chi connectivity index (χ2v) is 7.89. The number of benzene rings is 1. The molecule has 0 aromatic heterocycles. The minimum atomic E-state index is 0.422. The molecule has 1 atom stereocenters. The molecule has 1 N–H and O–H groups in total. The van der Waals surface area contributed by atoms with Crippen molar-refractivity contribution in [1.29, 1.82) is 0 Å². The summed E-state index contributed by atoms with van der Waals surface area (Å²) in [7, 11) is 0. The van der Waals surface area contributed by atoms with E-state index in [1.807, 2.05) is 0 Å². The van der Waals surface area contributed by atoms with Crippen molar-refractivity contribution in [2.75, 3.05) is 0 Å². The third kappa shape index (κ3) is 1.69. The summed E-state index contributed by atoms with van der Waals surface area (Å²) in [6, 6.07) is 7.93. The Labute approximate surface area is 118 Å². The topological polar surface area (TPSA) is 12.0 Å². The van der Waals surface area contributed by atoms with Gasteiger partial charge in [0.1, 0.15) is 0 Å². The van der Waals surface area contributed by atoms with Crippen LogP contribution in [0.25, 0.3) is 0 Å². The van der Waals surface area contributed by atoms with Crippen LogP contribution in [0.3, 0.4) is 0 Å². The van der Waals surface area contributed by atoms with Gasteiger partial charge in [-0.1, -0.05) is 49.7 Å². The van der Waals surface area contributed by atoms with Gasteiger partial charge in [0.05, 0.1) is 0 Å². The van der Waals surface area contributed by atoms with Crippen LogP contribution in [0.5, 0.6) is 0 Å². The van der Waals surface area contributed by atoms with Gasteiger partial charge >= 0.3 is 0 Å². The number of hydrogen-bond donors (Lipinski definition) is 1. The van der Waals surface area contributed by atoms with E-state index in [1.54, 1.807) is 0 Å². The number of rotatable bonds is 2. The molecule has 2 aliphatic rings. The highest BCUT2D eigenvalue weighted by Crippen LogP contribution is 2.63. The number of fused-ring (bicyclic) bond motifs is 1. The largest absolute Gasteiger partial charge is 0.306 e. The normalized spacial score (nSPS) is 28.2. The van der Waals surface area contributed by atoms with Crippen molar-refractivity contribution in [3.8, 4) is 0 Å². The average Bonchev–Trinajstić information content (AvgIpc) is 2.64. The highest BCUT2D eigenvalue weighted by atomic mass is 79.9. The molecule has 0 spiro atoms. The van der Waals surface area contributed by atoms with Crippen LogP contribution in [0.2, 0.25) is 0 Å². The van der Waals surface area contributed by atoms with Crippen molar-refractivity contribution < 1.29 is 0 Å². The smallest absolute Gasteiger partial charge is 0.0329 e. The zero-order chi connectivity index (χ0) is 13.1. The molecule has 1 aromatic rings. The van der Waals surface area contributed by atoms with E-state index in [9.17, 15) is 0 Å². The number of aryl methyl sites for hydroxylation is 1. The minimum absolute atomic E-state index is 0.422. The van der Waals surface area contributed by atoms with E-state index in [1.165, 1.54) is 28.4 Å². The van der Waals surface area contributed by atoms with Gasteiger partial charge in [0, 0.05) is 16.6 Å². The third-order valence-corrected chi connectivity index (χ3v) is 6.06. The SMILES string of the molecule is CC1(C)C(NC2CCc3cc(Br)ccc32)C1(C)C. The molecule has 0 aliphatic heterocycles. The van der Waals surface area contributed by atoms with Gasteiger partial charge in [0.15, 0.2) is 0 Å². The van der Waals surface area contributed by atoms with Crippen molar-refractivity contribution in [3.05, 3.63) is 33.8 Å². The average molecular weight is 308 g/mol. The first kappa shape index (κ1) is 12.7. The van der Waals surface area contributed by atoms with Gasteiger partial charge in [0.2, 0.25) is 0 Å². The lowest BCUT2D eigenvalue weighted by Gasteiger charge is -2.16. The predicted octanol–water partition coefficient (Wildman–Crippen LogP) is 4.46. The fraction of sp³-hybridized carbons (Fsp3) is 0.625. The van der Waals surface area contributed by atoms with E-state index < -0.39 is 0 Å². The van der Waals surface area contributed by atoms with Gasteiger partial charge in [-0.15, -0.1) is 0 Å². The summed E-state index contributed by atoms with van der Waals surface area (Å²) in [5.41, 5.74) is 3.87. The van der Waals surface area contributed by atoms with Crippen LogP contribution in [0.15, 0.2) is 22.7 Å². The molecule has 3 rings (SSSR count). The van der Waals surface area contributed by atoms with Crippen LogP contribution in [-0.4, -0.2) is 6.04 Å². The Morgan fingerprint density at radius 1 is 1.17 bits per heavy atom. The standard InChI is InChI=1S/C16H22BrN/c1-15(2)14(16(15,3)4)18-13-8-5-10-9-11(17)6-7-12(10)13/h6-7,9,13-14,18H,5,8H2,1-4H3. The van der Waals surface area contributed by atoms with Crippen LogP contribution in [0.1, 0.15) is 51.3 Å². The molecule has 1 fully saturated rings. The number of hydrogen-bond acceptors (Lipinski definition) is 1. The first-order chi connectivity index (χ1) is 8.34. The van der Waals surface area contributed by atoms with Crippen LogP contribution >= 0.6 is 15.9 Å². The number of halogens is 1. The van der Waals surface area contributed by atoms with Gasteiger partial charge in [-0.3, -0.25) is 0 Å². The van der Waals surface area contributed by atoms with Gasteiger partial charge in [-0.25, -0.2) is 0 Å². The van der Waals surface area contributed by atoms with Crippen LogP contribution in [0.4, 0.5) is 0 Å². The zero-order valence-electron chi connectivity index (χ0n) is 11.7. The molecule has 0 radical (unpaired) electrons. The zero-order valence-corrected chi connectivity index (χ0v) is 13.3. The summed E-state index contributed by atoms with van der Waals surface area (Å²) in [4.78, 5) is 0. The molecule has 18 heavy (non-hydrogen) atoms. The fourth-order valence-electron chi connectivity index (χ4n) is 3.57. The van der Waals surface area contributed by atoms with Gasteiger partial charge < -0.3 is 5.32 Å². The molecule has 0 amide bonds. The summed E-state index contributed by atoms with van der Waals surface area (Å²) < 4.78 is 1.20. The molecule has 1 unspecified atom stereocenters. The molecule has 1 saturated carbocycles. The summed E-state index contributed by atoms with van der Waals surface area (Å²) in [5, 5.41) is 3.89. The molecular weight excluding hydrogens is 286 g/mol. The Balaban J connectivity index is 1.79. The Bertz CT molecular complexity index is 476. The van der Waals surface area contributed by atoms with E-state index in [2.05, 4.69) is 67.1 Å². The minimum Gasteiger partial charge on any atom is -0.306 e. The van der Waals surface area contributed by atoms with E-state index in [0.717, 1.165) is 0 Å². The Kier molecular flexibility index (Phi) is 2.70. The number of nitrogens with one attached hydrogen (secondary N) is 1. The van der Waals surface area contributed by atoms with Gasteiger partial charge in [-0.05, 0) is 46.9 Å². The Morgan fingerprint density at radius 3 is 2.44 bits per heavy atom. The van der Waals surface area contributed by atoms with E-state index in [-0.39, 0.29) is 0 Å². The lowest BCUT2D eigenvalue weighted by atomic mass is 10.0. The maximum Gasteiger partial charge on any atom is 0.0329 e. The van der Waals surface area contributed by atoms with Crippen molar-refractivity contribution in [2.45, 2.75) is 52.6 Å². The molecule has 0 saturated heterocycles. The molecule has 1 aromatic carbocycles.